The van der Waals surface area contributed by atoms with E-state index in [9.17, 15) is 22.8 Å². The van der Waals surface area contributed by atoms with Gasteiger partial charge in [-0.2, -0.15) is 13.2 Å². The number of halogens is 4. The van der Waals surface area contributed by atoms with Gasteiger partial charge in [0.15, 0.2) is 0 Å². The highest BCUT2D eigenvalue weighted by Gasteiger charge is 2.46. The van der Waals surface area contributed by atoms with Crippen LogP contribution in [0.5, 0.6) is 0 Å². The molecule has 1 aliphatic heterocycles. The number of nitrogens with two attached hydrogens (primary N) is 1. The van der Waals surface area contributed by atoms with Gasteiger partial charge in [-0.1, -0.05) is 13.8 Å². The second-order valence-corrected chi connectivity index (χ2v) is 6.30. The zero-order valence-electron chi connectivity index (χ0n) is 12.9. The van der Waals surface area contributed by atoms with Crippen molar-refractivity contribution in [1.29, 1.82) is 0 Å². The fourth-order valence-corrected chi connectivity index (χ4v) is 2.34. The summed E-state index contributed by atoms with van der Waals surface area (Å²) < 4.78 is 37.6. The Bertz CT molecular complexity index is 416. The molecule has 0 spiro atoms. The molecule has 1 fully saturated rings. The van der Waals surface area contributed by atoms with Crippen LogP contribution in [-0.2, 0) is 9.59 Å². The van der Waals surface area contributed by atoms with Gasteiger partial charge in [0.05, 0.1) is 0 Å². The van der Waals surface area contributed by atoms with Crippen LogP contribution in [0.3, 0.4) is 0 Å². The predicted molar refractivity (Wildman–Crippen MR) is 78.4 cm³/mol. The lowest BCUT2D eigenvalue weighted by molar-refractivity contribution is -0.172. The van der Waals surface area contributed by atoms with Crippen LogP contribution in [0.1, 0.15) is 26.7 Å². The summed E-state index contributed by atoms with van der Waals surface area (Å²) in [6.07, 6.45) is -4.85. The van der Waals surface area contributed by atoms with Crippen LogP contribution in [0.25, 0.3) is 0 Å². The van der Waals surface area contributed by atoms with Gasteiger partial charge in [0.25, 0.3) is 0 Å². The molecule has 0 radical (unpaired) electrons. The van der Waals surface area contributed by atoms with Crippen molar-refractivity contribution in [2.75, 3.05) is 20.1 Å². The Morgan fingerprint density at radius 2 is 1.91 bits per heavy atom. The Morgan fingerprint density at radius 1 is 1.36 bits per heavy atom. The smallest absolute Gasteiger partial charge is 0.344 e. The molecule has 22 heavy (non-hydrogen) atoms. The third-order valence-corrected chi connectivity index (χ3v) is 3.66. The molecule has 1 aliphatic rings. The molecule has 1 heterocycles. The van der Waals surface area contributed by atoms with Crippen molar-refractivity contribution in [2.24, 2.45) is 17.1 Å². The van der Waals surface area contributed by atoms with Crippen LogP contribution < -0.4 is 11.1 Å². The second kappa shape index (κ2) is 7.50. The zero-order chi connectivity index (χ0) is 16.4. The monoisotopic (exact) mass is 345 g/mol. The van der Waals surface area contributed by atoms with Gasteiger partial charge in [-0.3, -0.25) is 9.59 Å². The molecule has 2 unspecified atom stereocenters. The number of carbonyl (C=O) groups excluding carboxylic acids is 2. The maximum absolute atomic E-state index is 12.5. The van der Waals surface area contributed by atoms with Gasteiger partial charge in [0.2, 0.25) is 11.8 Å². The van der Waals surface area contributed by atoms with Crippen molar-refractivity contribution in [1.82, 2.24) is 10.2 Å². The predicted octanol–water partition coefficient (Wildman–Crippen LogP) is 1.31. The van der Waals surface area contributed by atoms with Gasteiger partial charge in [0, 0.05) is 13.6 Å². The standard InChI is InChI=1S/C13H22F3N3O2.ClH/c1-12(2,6-17)7-19(3)11(21)8-4-5-9(13(14,15)16)18-10(8)20;/h8-9H,4-7,17H2,1-3H3,(H,18,20);1H. The lowest BCUT2D eigenvalue weighted by Gasteiger charge is -2.34. The lowest BCUT2D eigenvalue weighted by Crippen LogP contribution is -2.55. The van der Waals surface area contributed by atoms with E-state index in [0.717, 1.165) is 0 Å². The summed E-state index contributed by atoms with van der Waals surface area (Å²) in [5, 5.41) is 1.88. The highest BCUT2D eigenvalue weighted by molar-refractivity contribution is 6.00. The summed E-state index contributed by atoms with van der Waals surface area (Å²) in [5.74, 6) is -2.37. The molecule has 0 aromatic rings. The van der Waals surface area contributed by atoms with Crippen molar-refractivity contribution in [3.05, 3.63) is 0 Å². The molecule has 0 aromatic carbocycles. The summed E-state index contributed by atoms with van der Waals surface area (Å²) >= 11 is 0. The molecule has 130 valence electrons. The molecule has 5 nitrogen and oxygen atoms in total. The van der Waals surface area contributed by atoms with Crippen LogP contribution in [-0.4, -0.2) is 49.1 Å². The van der Waals surface area contributed by atoms with E-state index in [-0.39, 0.29) is 30.7 Å². The molecule has 1 saturated heterocycles. The van der Waals surface area contributed by atoms with Crippen molar-refractivity contribution in [3.8, 4) is 0 Å². The van der Waals surface area contributed by atoms with Crippen molar-refractivity contribution in [2.45, 2.75) is 38.9 Å². The van der Waals surface area contributed by atoms with Gasteiger partial charge in [-0.25, -0.2) is 0 Å². The first kappa shape index (κ1) is 21.0. The van der Waals surface area contributed by atoms with E-state index >= 15 is 0 Å². The van der Waals surface area contributed by atoms with Crippen molar-refractivity contribution in [3.63, 3.8) is 0 Å². The number of piperidine rings is 1. The van der Waals surface area contributed by atoms with Crippen molar-refractivity contribution < 1.29 is 22.8 Å². The first-order chi connectivity index (χ1) is 9.48. The molecule has 0 saturated carbocycles. The summed E-state index contributed by atoms with van der Waals surface area (Å²) in [4.78, 5) is 25.3. The highest BCUT2D eigenvalue weighted by atomic mass is 35.5. The normalized spacial score (nSPS) is 22.6. The van der Waals surface area contributed by atoms with E-state index in [2.05, 4.69) is 0 Å². The van der Waals surface area contributed by atoms with Gasteiger partial charge >= 0.3 is 6.18 Å². The molecule has 0 aromatic heterocycles. The van der Waals surface area contributed by atoms with Gasteiger partial charge in [0.1, 0.15) is 12.0 Å². The van der Waals surface area contributed by atoms with E-state index in [1.165, 1.54) is 11.9 Å². The van der Waals surface area contributed by atoms with Crippen LogP contribution in [0, 0.1) is 11.3 Å². The fraction of sp³-hybridized carbons (Fsp3) is 0.846. The Labute approximate surface area is 134 Å². The fourth-order valence-electron chi connectivity index (χ4n) is 2.34. The van der Waals surface area contributed by atoms with Crippen LogP contribution in [0.2, 0.25) is 0 Å². The molecule has 2 amide bonds. The molecular formula is C13H23ClF3N3O2. The number of alkyl halides is 3. The SMILES string of the molecule is CN(CC(C)(C)CN)C(=O)C1CCC(C(F)(F)F)NC1=O.Cl. The number of hydrogen-bond donors (Lipinski definition) is 2. The Hall–Kier alpha value is -1.02. The highest BCUT2D eigenvalue weighted by Crippen LogP contribution is 2.29. The van der Waals surface area contributed by atoms with Gasteiger partial charge in [-0.15, -0.1) is 12.4 Å². The van der Waals surface area contributed by atoms with E-state index in [4.69, 9.17) is 5.73 Å². The van der Waals surface area contributed by atoms with E-state index in [1.807, 2.05) is 19.2 Å². The van der Waals surface area contributed by atoms with E-state index in [0.29, 0.717) is 13.1 Å². The third kappa shape index (κ3) is 5.31. The number of rotatable bonds is 4. The number of amides is 2. The van der Waals surface area contributed by atoms with Crippen molar-refractivity contribution >= 4 is 24.2 Å². The summed E-state index contributed by atoms with van der Waals surface area (Å²) in [7, 11) is 1.53. The Balaban J connectivity index is 0.00000441. The molecule has 0 aliphatic carbocycles. The topological polar surface area (TPSA) is 75.4 Å². The first-order valence-electron chi connectivity index (χ1n) is 6.80. The largest absolute Gasteiger partial charge is 0.408 e. The molecule has 3 N–H and O–H groups in total. The number of hydrogen-bond acceptors (Lipinski definition) is 3. The average Bonchev–Trinajstić information content (AvgIpc) is 2.36. The molecule has 1 rings (SSSR count). The Kier molecular flexibility index (Phi) is 7.15. The summed E-state index contributed by atoms with van der Waals surface area (Å²) in [6.45, 7) is 4.45. The van der Waals surface area contributed by atoms with Gasteiger partial charge in [-0.05, 0) is 24.8 Å². The third-order valence-electron chi connectivity index (χ3n) is 3.66. The lowest BCUT2D eigenvalue weighted by atomic mass is 9.90. The molecule has 9 heteroatoms. The Morgan fingerprint density at radius 3 is 2.32 bits per heavy atom. The van der Waals surface area contributed by atoms with E-state index in [1.54, 1.807) is 0 Å². The number of carbonyl (C=O) groups is 2. The van der Waals surface area contributed by atoms with E-state index < -0.39 is 30.0 Å². The summed E-state index contributed by atoms with van der Waals surface area (Å²) in [5.41, 5.74) is 5.27. The molecule has 0 bridgehead atoms. The number of nitrogens with zero attached hydrogens (tertiary/aromatic N) is 1. The minimum absolute atomic E-state index is 0. The quantitative estimate of drug-likeness (QED) is 0.754. The average molecular weight is 346 g/mol. The minimum Gasteiger partial charge on any atom is -0.344 e. The van der Waals surface area contributed by atoms with Crippen LogP contribution in [0.4, 0.5) is 13.2 Å². The minimum atomic E-state index is -4.48. The molecule has 2 atom stereocenters. The zero-order valence-corrected chi connectivity index (χ0v) is 13.7. The maximum atomic E-state index is 12.5. The van der Waals surface area contributed by atoms with Gasteiger partial charge < -0.3 is 16.0 Å². The molecular weight excluding hydrogens is 323 g/mol. The second-order valence-electron chi connectivity index (χ2n) is 6.30. The summed E-state index contributed by atoms with van der Waals surface area (Å²) in [6, 6.07) is -1.86. The maximum Gasteiger partial charge on any atom is 0.408 e. The van der Waals surface area contributed by atoms with Crippen LogP contribution in [0.15, 0.2) is 0 Å². The number of nitrogens with one attached hydrogen (secondary N) is 1. The first-order valence-corrected chi connectivity index (χ1v) is 6.80. The van der Waals surface area contributed by atoms with Crippen LogP contribution >= 0.6 is 12.4 Å².